The van der Waals surface area contributed by atoms with Gasteiger partial charge < -0.3 is 9.84 Å². The van der Waals surface area contributed by atoms with Crippen molar-refractivity contribution < 1.29 is 14.6 Å². The van der Waals surface area contributed by atoms with Crippen molar-refractivity contribution in [3.05, 3.63) is 53.4 Å². The van der Waals surface area contributed by atoms with E-state index < -0.39 is 11.9 Å². The second-order valence-electron chi connectivity index (χ2n) is 7.41. The average molecular weight is 396 g/mol. The van der Waals surface area contributed by atoms with Gasteiger partial charge in [-0.05, 0) is 50.3 Å². The lowest BCUT2D eigenvalue weighted by Crippen LogP contribution is -2.15. The molecule has 0 saturated carbocycles. The number of allylic oxidation sites excluding steroid dienone is 1. The molecule has 1 aliphatic heterocycles. The van der Waals surface area contributed by atoms with Crippen molar-refractivity contribution in [1.82, 2.24) is 4.98 Å². The van der Waals surface area contributed by atoms with Crippen LogP contribution in [0.15, 0.2) is 41.3 Å². The summed E-state index contributed by atoms with van der Waals surface area (Å²) in [7, 11) is 0. The fourth-order valence-electron chi connectivity index (χ4n) is 4.14. The van der Waals surface area contributed by atoms with Crippen LogP contribution < -0.4 is 4.74 Å². The van der Waals surface area contributed by atoms with E-state index in [9.17, 15) is 9.90 Å². The molecule has 2 heterocycles. The third-order valence-corrected chi connectivity index (χ3v) is 6.83. The van der Waals surface area contributed by atoms with Crippen molar-refractivity contribution >= 4 is 23.3 Å². The van der Waals surface area contributed by atoms with Gasteiger partial charge in [0.25, 0.3) is 0 Å². The quantitative estimate of drug-likeness (QED) is 0.632. The number of benzene rings is 1. The maximum absolute atomic E-state index is 12.1. The predicted molar refractivity (Wildman–Crippen MR) is 112 cm³/mol. The zero-order valence-electron chi connectivity index (χ0n) is 16.3. The minimum atomic E-state index is -0.816. The summed E-state index contributed by atoms with van der Waals surface area (Å²) in [6, 6.07) is 9.63. The van der Waals surface area contributed by atoms with E-state index in [1.165, 1.54) is 12.0 Å². The number of carboxylic acid groups (broad SMARTS) is 1. The zero-order chi connectivity index (χ0) is 19.7. The Morgan fingerprint density at radius 3 is 2.86 bits per heavy atom. The van der Waals surface area contributed by atoms with Crippen molar-refractivity contribution in [3.8, 4) is 11.5 Å². The van der Waals surface area contributed by atoms with Crippen LogP contribution in [0.5, 0.6) is 11.5 Å². The molecule has 0 saturated heterocycles. The van der Waals surface area contributed by atoms with Crippen LogP contribution in [0.3, 0.4) is 0 Å². The second-order valence-corrected chi connectivity index (χ2v) is 8.62. The van der Waals surface area contributed by atoms with Crippen LogP contribution in [0.25, 0.3) is 5.57 Å². The van der Waals surface area contributed by atoms with E-state index in [0.29, 0.717) is 17.4 Å². The Labute approximate surface area is 170 Å². The van der Waals surface area contributed by atoms with E-state index in [-0.39, 0.29) is 0 Å². The van der Waals surface area contributed by atoms with E-state index in [1.54, 1.807) is 11.8 Å². The van der Waals surface area contributed by atoms with Gasteiger partial charge in [-0.15, -0.1) is 11.8 Å². The van der Waals surface area contributed by atoms with Crippen LogP contribution in [-0.4, -0.2) is 21.3 Å². The maximum atomic E-state index is 12.1. The van der Waals surface area contributed by atoms with Crippen LogP contribution in [0, 0.1) is 6.92 Å². The second kappa shape index (κ2) is 8.00. The number of aliphatic carboxylic acids is 1. The SMILES string of the molecule is CCCC(C(=O)O)c1c(C)nc2c(c1Oc1ccccc1)SC1CCCC=C21. The van der Waals surface area contributed by atoms with Gasteiger partial charge >= 0.3 is 5.97 Å². The summed E-state index contributed by atoms with van der Waals surface area (Å²) in [5.74, 6) is -0.0144. The topological polar surface area (TPSA) is 59.4 Å². The molecule has 2 atom stereocenters. The lowest BCUT2D eigenvalue weighted by molar-refractivity contribution is -0.139. The first-order valence-corrected chi connectivity index (χ1v) is 10.8. The van der Waals surface area contributed by atoms with Gasteiger partial charge in [-0.1, -0.05) is 37.6 Å². The summed E-state index contributed by atoms with van der Waals surface area (Å²) < 4.78 is 6.37. The zero-order valence-corrected chi connectivity index (χ0v) is 17.1. The summed E-state index contributed by atoms with van der Waals surface area (Å²) >= 11 is 1.79. The smallest absolute Gasteiger partial charge is 0.311 e. The molecule has 2 unspecified atom stereocenters. The minimum absolute atomic E-state index is 0.401. The van der Waals surface area contributed by atoms with Crippen molar-refractivity contribution in [2.45, 2.75) is 62.0 Å². The number of rotatable bonds is 6. The molecule has 5 heteroatoms. The molecule has 28 heavy (non-hydrogen) atoms. The highest BCUT2D eigenvalue weighted by molar-refractivity contribution is 8.01. The molecule has 0 fully saturated rings. The third-order valence-electron chi connectivity index (χ3n) is 5.44. The lowest BCUT2D eigenvalue weighted by atomic mass is 9.90. The van der Waals surface area contributed by atoms with Gasteiger partial charge in [0.1, 0.15) is 11.5 Å². The molecular formula is C23H25NO3S. The first-order valence-electron chi connectivity index (χ1n) is 9.97. The summed E-state index contributed by atoms with van der Waals surface area (Å²) in [6.07, 6.45) is 7.05. The number of hydrogen-bond donors (Lipinski definition) is 1. The number of ether oxygens (including phenoxy) is 1. The molecule has 2 aromatic rings. The molecule has 0 bridgehead atoms. The van der Waals surface area contributed by atoms with Crippen molar-refractivity contribution in [3.63, 3.8) is 0 Å². The Bertz CT molecular complexity index is 923. The first-order chi connectivity index (χ1) is 13.6. The van der Waals surface area contributed by atoms with Crippen LogP contribution in [0.1, 0.15) is 61.9 Å². The monoisotopic (exact) mass is 395 g/mol. The van der Waals surface area contributed by atoms with E-state index >= 15 is 0 Å². The maximum Gasteiger partial charge on any atom is 0.311 e. The molecule has 0 radical (unpaired) electrons. The number of carbonyl (C=O) groups is 1. The third kappa shape index (κ3) is 3.44. The van der Waals surface area contributed by atoms with Gasteiger partial charge in [0.2, 0.25) is 0 Å². The molecular weight excluding hydrogens is 370 g/mol. The molecule has 2 aliphatic rings. The Balaban J connectivity index is 1.90. The van der Waals surface area contributed by atoms with Crippen LogP contribution in [-0.2, 0) is 4.79 Å². The lowest BCUT2D eigenvalue weighted by Gasteiger charge is -2.21. The summed E-state index contributed by atoms with van der Waals surface area (Å²) in [4.78, 5) is 18.0. The van der Waals surface area contributed by atoms with Gasteiger partial charge in [0.15, 0.2) is 0 Å². The number of nitrogens with zero attached hydrogens (tertiary/aromatic N) is 1. The first kappa shape index (κ1) is 19.1. The molecule has 4 rings (SSSR count). The molecule has 1 aliphatic carbocycles. The molecule has 1 aromatic carbocycles. The number of para-hydroxylation sites is 1. The molecule has 1 N–H and O–H groups in total. The number of hydrogen-bond acceptors (Lipinski definition) is 4. The largest absolute Gasteiger partial charge is 0.481 e. The Morgan fingerprint density at radius 2 is 2.14 bits per heavy atom. The van der Waals surface area contributed by atoms with Crippen LogP contribution in [0.4, 0.5) is 0 Å². The van der Waals surface area contributed by atoms with Gasteiger partial charge in [-0.25, -0.2) is 0 Å². The highest BCUT2D eigenvalue weighted by atomic mass is 32.2. The molecule has 0 amide bonds. The normalized spacial score (nSPS) is 18.8. The summed E-state index contributed by atoms with van der Waals surface area (Å²) in [5, 5.41) is 10.3. The highest BCUT2D eigenvalue weighted by Crippen LogP contribution is 2.54. The van der Waals surface area contributed by atoms with Crippen molar-refractivity contribution in [1.29, 1.82) is 0 Å². The molecule has 146 valence electrons. The highest BCUT2D eigenvalue weighted by Gasteiger charge is 2.37. The van der Waals surface area contributed by atoms with Gasteiger partial charge in [0, 0.05) is 16.5 Å². The Morgan fingerprint density at radius 1 is 1.36 bits per heavy atom. The van der Waals surface area contributed by atoms with Gasteiger partial charge in [0.05, 0.1) is 16.5 Å². The van der Waals surface area contributed by atoms with Crippen LogP contribution >= 0.6 is 11.8 Å². The van der Waals surface area contributed by atoms with E-state index in [0.717, 1.165) is 46.9 Å². The molecule has 4 nitrogen and oxygen atoms in total. The fourth-order valence-corrected chi connectivity index (χ4v) is 5.58. The van der Waals surface area contributed by atoms with Crippen LogP contribution in [0.2, 0.25) is 0 Å². The Hall–Kier alpha value is -2.27. The Kier molecular flexibility index (Phi) is 5.44. The van der Waals surface area contributed by atoms with E-state index in [4.69, 9.17) is 9.72 Å². The molecule has 0 spiro atoms. The minimum Gasteiger partial charge on any atom is -0.481 e. The number of fused-ring (bicyclic) bond motifs is 3. The summed E-state index contributed by atoms with van der Waals surface area (Å²) in [6.45, 7) is 3.93. The number of thioether (sulfide) groups is 1. The van der Waals surface area contributed by atoms with Crippen molar-refractivity contribution in [2.24, 2.45) is 0 Å². The molecule has 1 aromatic heterocycles. The average Bonchev–Trinajstić information content (AvgIpc) is 3.06. The predicted octanol–water partition coefficient (Wildman–Crippen LogP) is 6.19. The van der Waals surface area contributed by atoms with Gasteiger partial charge in [-0.2, -0.15) is 0 Å². The van der Waals surface area contributed by atoms with E-state index in [2.05, 4.69) is 6.08 Å². The number of carboxylic acids is 1. The summed E-state index contributed by atoms with van der Waals surface area (Å²) in [5.41, 5.74) is 3.77. The van der Waals surface area contributed by atoms with Crippen molar-refractivity contribution in [2.75, 3.05) is 0 Å². The van der Waals surface area contributed by atoms with Gasteiger partial charge in [-0.3, -0.25) is 9.78 Å². The fraction of sp³-hybridized carbons (Fsp3) is 0.391. The number of aryl methyl sites for hydroxylation is 1. The van der Waals surface area contributed by atoms with E-state index in [1.807, 2.05) is 44.2 Å². The standard InChI is InChI=1S/C23H25NO3S/c1-3-9-17(23(25)26)19-14(2)24-20-16-12-7-8-13-18(16)28-22(20)21(19)27-15-10-5-4-6-11-15/h4-6,10-12,17-18H,3,7-9,13H2,1-2H3,(H,25,26). The number of pyridine rings is 1. The number of aromatic nitrogens is 1.